The van der Waals surface area contributed by atoms with Gasteiger partial charge in [-0.1, -0.05) is 0 Å². The van der Waals surface area contributed by atoms with Gasteiger partial charge >= 0.3 is 0 Å². The Kier molecular flexibility index (Phi) is 2.06. The summed E-state index contributed by atoms with van der Waals surface area (Å²) in [5.41, 5.74) is 2.33. The van der Waals surface area contributed by atoms with Gasteiger partial charge in [0.05, 0.1) is 5.56 Å². The molecule has 68 valence electrons. The highest BCUT2D eigenvalue weighted by atomic mass is 32.1. The van der Waals surface area contributed by atoms with Gasteiger partial charge in [-0.05, 0) is 24.6 Å². The number of thiophene rings is 1. The van der Waals surface area contributed by atoms with Crippen molar-refractivity contribution in [2.24, 2.45) is 0 Å². The molecule has 0 atom stereocenters. The first-order valence-electron chi connectivity index (χ1n) is 4.13. The lowest BCUT2D eigenvalue weighted by Crippen LogP contribution is -1.82. The minimum Gasteiger partial charge on any atom is -0.298 e. The number of carbonyl (C=O) groups excluding carboxylic acids is 1. The molecular formula is C11H7NOS. The first kappa shape index (κ1) is 8.92. The van der Waals surface area contributed by atoms with E-state index in [4.69, 9.17) is 5.26 Å². The van der Waals surface area contributed by atoms with Gasteiger partial charge in [0.25, 0.3) is 0 Å². The molecule has 2 aromatic rings. The number of benzene rings is 1. The number of hydrogen-bond acceptors (Lipinski definition) is 3. The topological polar surface area (TPSA) is 40.9 Å². The van der Waals surface area contributed by atoms with Crippen molar-refractivity contribution in [2.45, 2.75) is 6.92 Å². The molecule has 14 heavy (non-hydrogen) atoms. The lowest BCUT2D eigenvalue weighted by molar-refractivity contribution is 0.112. The highest BCUT2D eigenvalue weighted by molar-refractivity contribution is 7.17. The SMILES string of the molecule is Cc1cc(C=O)cc2c(C#N)csc12. The smallest absolute Gasteiger partial charge is 0.150 e. The number of rotatable bonds is 1. The molecule has 0 fully saturated rings. The number of carbonyl (C=O) groups is 1. The summed E-state index contributed by atoms with van der Waals surface area (Å²) < 4.78 is 1.09. The minimum atomic E-state index is 0.630. The predicted octanol–water partition coefficient (Wildman–Crippen LogP) is 2.89. The molecule has 1 heterocycles. The highest BCUT2D eigenvalue weighted by Crippen LogP contribution is 2.29. The molecule has 3 heteroatoms. The summed E-state index contributed by atoms with van der Waals surface area (Å²) in [4.78, 5) is 10.6. The van der Waals surface area contributed by atoms with E-state index in [1.54, 1.807) is 17.4 Å². The Balaban J connectivity index is 2.88. The monoisotopic (exact) mass is 201 g/mol. The number of aldehydes is 1. The number of nitrogens with zero attached hydrogens (tertiary/aromatic N) is 1. The molecule has 0 spiro atoms. The van der Waals surface area contributed by atoms with Gasteiger partial charge in [0.1, 0.15) is 12.4 Å². The zero-order valence-electron chi connectivity index (χ0n) is 7.57. The van der Waals surface area contributed by atoms with Crippen LogP contribution >= 0.6 is 11.3 Å². The predicted molar refractivity (Wildman–Crippen MR) is 56.7 cm³/mol. The number of aryl methyl sites for hydroxylation is 1. The Bertz CT molecular complexity index is 548. The fourth-order valence-corrected chi connectivity index (χ4v) is 2.45. The van der Waals surface area contributed by atoms with Crippen molar-refractivity contribution < 1.29 is 4.79 Å². The Morgan fingerprint density at radius 1 is 1.50 bits per heavy atom. The zero-order valence-corrected chi connectivity index (χ0v) is 8.39. The third kappa shape index (κ3) is 1.21. The van der Waals surface area contributed by atoms with Crippen LogP contribution in [0.4, 0.5) is 0 Å². The van der Waals surface area contributed by atoms with E-state index in [0.29, 0.717) is 11.1 Å². The first-order chi connectivity index (χ1) is 6.76. The van der Waals surface area contributed by atoms with Crippen molar-refractivity contribution in [3.63, 3.8) is 0 Å². The van der Waals surface area contributed by atoms with Gasteiger partial charge in [0.15, 0.2) is 0 Å². The summed E-state index contributed by atoms with van der Waals surface area (Å²) in [6.07, 6.45) is 0.811. The molecule has 1 aromatic heterocycles. The maximum atomic E-state index is 10.6. The quantitative estimate of drug-likeness (QED) is 0.665. The van der Waals surface area contributed by atoms with E-state index in [9.17, 15) is 4.79 Å². The van der Waals surface area contributed by atoms with Gasteiger partial charge in [-0.3, -0.25) is 4.79 Å². The highest BCUT2D eigenvalue weighted by Gasteiger charge is 2.06. The third-order valence-corrected chi connectivity index (χ3v) is 3.27. The molecule has 0 aliphatic carbocycles. The molecule has 0 unspecified atom stereocenters. The molecule has 2 rings (SSSR count). The van der Waals surface area contributed by atoms with Gasteiger partial charge in [0, 0.05) is 21.0 Å². The van der Waals surface area contributed by atoms with Gasteiger partial charge < -0.3 is 0 Å². The third-order valence-electron chi connectivity index (χ3n) is 2.14. The Hall–Kier alpha value is -1.66. The van der Waals surface area contributed by atoms with Crippen molar-refractivity contribution >= 4 is 27.7 Å². The van der Waals surface area contributed by atoms with Crippen LogP contribution in [0.25, 0.3) is 10.1 Å². The maximum Gasteiger partial charge on any atom is 0.150 e. The Labute approximate surface area is 85.4 Å². The number of hydrogen-bond donors (Lipinski definition) is 0. The van der Waals surface area contributed by atoms with E-state index >= 15 is 0 Å². The summed E-state index contributed by atoms with van der Waals surface area (Å²) in [6.45, 7) is 1.95. The van der Waals surface area contributed by atoms with E-state index in [1.807, 2.05) is 18.4 Å². The molecule has 0 N–H and O–H groups in total. The van der Waals surface area contributed by atoms with Crippen LogP contribution in [-0.4, -0.2) is 6.29 Å². The summed E-state index contributed by atoms with van der Waals surface area (Å²) in [7, 11) is 0. The second kappa shape index (κ2) is 3.24. The number of fused-ring (bicyclic) bond motifs is 1. The second-order valence-corrected chi connectivity index (χ2v) is 3.97. The van der Waals surface area contributed by atoms with E-state index in [2.05, 4.69) is 6.07 Å². The van der Waals surface area contributed by atoms with Gasteiger partial charge in [-0.2, -0.15) is 5.26 Å². The Morgan fingerprint density at radius 2 is 2.29 bits per heavy atom. The second-order valence-electron chi connectivity index (χ2n) is 3.09. The lowest BCUT2D eigenvalue weighted by Gasteiger charge is -1.97. The van der Waals surface area contributed by atoms with Crippen molar-refractivity contribution in [3.8, 4) is 6.07 Å². The molecule has 0 bridgehead atoms. The van der Waals surface area contributed by atoms with Crippen LogP contribution in [0.1, 0.15) is 21.5 Å². The molecule has 0 aliphatic rings. The first-order valence-corrected chi connectivity index (χ1v) is 5.01. The van der Waals surface area contributed by atoms with Crippen LogP contribution in [0.3, 0.4) is 0 Å². The molecule has 0 aliphatic heterocycles. The van der Waals surface area contributed by atoms with Crippen LogP contribution in [0.2, 0.25) is 0 Å². The zero-order chi connectivity index (χ0) is 10.1. The van der Waals surface area contributed by atoms with E-state index in [-0.39, 0.29) is 0 Å². The minimum absolute atomic E-state index is 0.630. The lowest BCUT2D eigenvalue weighted by atomic mass is 10.1. The molecule has 1 aromatic carbocycles. The average molecular weight is 201 g/mol. The average Bonchev–Trinajstić information content (AvgIpc) is 2.61. The van der Waals surface area contributed by atoms with Crippen LogP contribution < -0.4 is 0 Å². The van der Waals surface area contributed by atoms with Crippen molar-refractivity contribution in [2.75, 3.05) is 0 Å². The van der Waals surface area contributed by atoms with Crippen molar-refractivity contribution in [1.82, 2.24) is 0 Å². The van der Waals surface area contributed by atoms with Gasteiger partial charge in [0.2, 0.25) is 0 Å². The van der Waals surface area contributed by atoms with Crippen molar-refractivity contribution in [3.05, 3.63) is 34.2 Å². The Morgan fingerprint density at radius 3 is 2.93 bits per heavy atom. The van der Waals surface area contributed by atoms with Gasteiger partial charge in [-0.25, -0.2) is 0 Å². The summed E-state index contributed by atoms with van der Waals surface area (Å²) in [5.74, 6) is 0. The summed E-state index contributed by atoms with van der Waals surface area (Å²) >= 11 is 1.55. The molecule has 0 saturated heterocycles. The summed E-state index contributed by atoms with van der Waals surface area (Å²) in [5, 5.41) is 11.6. The largest absolute Gasteiger partial charge is 0.298 e. The van der Waals surface area contributed by atoms with E-state index in [0.717, 1.165) is 21.9 Å². The van der Waals surface area contributed by atoms with Crippen LogP contribution in [0, 0.1) is 18.3 Å². The van der Waals surface area contributed by atoms with E-state index in [1.165, 1.54) is 0 Å². The number of nitriles is 1. The van der Waals surface area contributed by atoms with Gasteiger partial charge in [-0.15, -0.1) is 11.3 Å². The van der Waals surface area contributed by atoms with Crippen LogP contribution in [-0.2, 0) is 0 Å². The molecule has 0 saturated carbocycles. The molecule has 0 radical (unpaired) electrons. The van der Waals surface area contributed by atoms with Crippen LogP contribution in [0.5, 0.6) is 0 Å². The standard InChI is InChI=1S/C11H7NOS/c1-7-2-8(5-13)3-10-9(4-12)6-14-11(7)10/h2-3,5-6H,1H3. The summed E-state index contributed by atoms with van der Waals surface area (Å²) in [6, 6.07) is 5.73. The van der Waals surface area contributed by atoms with Crippen molar-refractivity contribution in [1.29, 1.82) is 5.26 Å². The van der Waals surface area contributed by atoms with E-state index < -0.39 is 0 Å². The maximum absolute atomic E-state index is 10.6. The fourth-order valence-electron chi connectivity index (χ4n) is 1.49. The molecular weight excluding hydrogens is 194 g/mol. The molecule has 2 nitrogen and oxygen atoms in total. The molecule has 0 amide bonds. The normalized spacial score (nSPS) is 10.0. The van der Waals surface area contributed by atoms with Crippen LogP contribution in [0.15, 0.2) is 17.5 Å². The fraction of sp³-hybridized carbons (Fsp3) is 0.0909.